The maximum atomic E-state index is 6.12. The largest absolute Gasteiger partial charge is 0.332 e. The van der Waals surface area contributed by atoms with E-state index in [1.54, 1.807) is 0 Å². The lowest BCUT2D eigenvalue weighted by atomic mass is 10.1. The highest BCUT2D eigenvalue weighted by Crippen LogP contribution is 2.26. The van der Waals surface area contributed by atoms with Crippen molar-refractivity contribution in [1.82, 2.24) is 0 Å². The van der Waals surface area contributed by atoms with Crippen LogP contribution in [0.2, 0.25) is 5.02 Å². The van der Waals surface area contributed by atoms with E-state index >= 15 is 0 Å². The first-order valence-corrected chi connectivity index (χ1v) is 7.87. The number of hydrogen-bond acceptors (Lipinski definition) is 1. The molecule has 0 saturated heterocycles. The third-order valence-corrected chi connectivity index (χ3v) is 4.49. The van der Waals surface area contributed by atoms with E-state index in [1.165, 1.54) is 30.4 Å². The van der Waals surface area contributed by atoms with Crippen molar-refractivity contribution < 1.29 is 0 Å². The average Bonchev–Trinajstić information content (AvgIpc) is 2.91. The van der Waals surface area contributed by atoms with Crippen molar-refractivity contribution in [2.24, 2.45) is 0 Å². The second-order valence-corrected chi connectivity index (χ2v) is 6.14. The second kappa shape index (κ2) is 6.04. The molecule has 0 heterocycles. The van der Waals surface area contributed by atoms with Gasteiger partial charge in [-0.15, -0.1) is 0 Å². The number of hydrogen-bond donors (Lipinski definition) is 2. The fourth-order valence-corrected chi connectivity index (χ4v) is 3.08. The smallest absolute Gasteiger partial charge is 0.175 e. The predicted octanol–water partition coefficient (Wildman–Crippen LogP) is 4.95. The normalized spacial score (nSPS) is 12.9. The molecule has 21 heavy (non-hydrogen) atoms. The van der Waals surface area contributed by atoms with Crippen molar-refractivity contribution in [2.75, 3.05) is 10.6 Å². The molecule has 0 aromatic heterocycles. The van der Waals surface area contributed by atoms with E-state index < -0.39 is 0 Å². The summed E-state index contributed by atoms with van der Waals surface area (Å²) < 4.78 is 0. The van der Waals surface area contributed by atoms with Crippen molar-refractivity contribution in [1.29, 1.82) is 0 Å². The molecule has 2 nitrogen and oxygen atoms in total. The van der Waals surface area contributed by atoms with E-state index in [9.17, 15) is 0 Å². The molecular weight excluding hydrogens is 300 g/mol. The van der Waals surface area contributed by atoms with Crippen molar-refractivity contribution in [2.45, 2.75) is 26.2 Å². The summed E-state index contributed by atoms with van der Waals surface area (Å²) in [6.07, 6.45) is 3.61. The minimum atomic E-state index is 0.582. The summed E-state index contributed by atoms with van der Waals surface area (Å²) in [6.45, 7) is 1.97. The Kier molecular flexibility index (Phi) is 4.13. The van der Waals surface area contributed by atoms with E-state index in [0.29, 0.717) is 5.11 Å². The SMILES string of the molecule is Cc1c(Cl)cccc1NC(=S)Nc1ccc2c(c1)CCC2. The molecule has 0 fully saturated rings. The standard InChI is InChI=1S/C17H17ClN2S/c1-11-15(18)6-3-7-16(11)20-17(21)19-14-9-8-12-4-2-5-13(12)10-14/h3,6-10H,2,4-5H2,1H3,(H2,19,20,21). The van der Waals surface area contributed by atoms with Crippen LogP contribution in [-0.2, 0) is 12.8 Å². The van der Waals surface area contributed by atoms with Crippen LogP contribution in [0.15, 0.2) is 36.4 Å². The molecule has 0 bridgehead atoms. The van der Waals surface area contributed by atoms with Gasteiger partial charge in [0.05, 0.1) is 0 Å². The predicted molar refractivity (Wildman–Crippen MR) is 94.5 cm³/mol. The molecule has 2 N–H and O–H groups in total. The lowest BCUT2D eigenvalue weighted by Crippen LogP contribution is -2.19. The average molecular weight is 317 g/mol. The first-order chi connectivity index (χ1) is 10.1. The third-order valence-electron chi connectivity index (χ3n) is 3.87. The van der Waals surface area contributed by atoms with Crippen molar-refractivity contribution in [3.8, 4) is 0 Å². The summed E-state index contributed by atoms with van der Waals surface area (Å²) in [5.41, 5.74) is 5.86. The zero-order chi connectivity index (χ0) is 14.8. The van der Waals surface area contributed by atoms with Gasteiger partial charge in [-0.3, -0.25) is 0 Å². The van der Waals surface area contributed by atoms with Crippen LogP contribution in [0, 0.1) is 6.92 Å². The second-order valence-electron chi connectivity index (χ2n) is 5.33. The summed E-state index contributed by atoms with van der Waals surface area (Å²) in [6, 6.07) is 12.2. The highest BCUT2D eigenvalue weighted by molar-refractivity contribution is 7.80. The number of rotatable bonds is 2. The lowest BCUT2D eigenvalue weighted by molar-refractivity contribution is 0.912. The van der Waals surface area contributed by atoms with Crippen LogP contribution in [0.1, 0.15) is 23.1 Å². The fourth-order valence-electron chi connectivity index (χ4n) is 2.68. The van der Waals surface area contributed by atoms with Crippen LogP contribution in [0.4, 0.5) is 11.4 Å². The Labute approximate surface area is 135 Å². The zero-order valence-corrected chi connectivity index (χ0v) is 13.4. The number of nitrogens with one attached hydrogen (secondary N) is 2. The summed E-state index contributed by atoms with van der Waals surface area (Å²) in [5, 5.41) is 7.77. The molecule has 1 aliphatic carbocycles. The highest BCUT2D eigenvalue weighted by atomic mass is 35.5. The maximum Gasteiger partial charge on any atom is 0.175 e. The molecule has 0 radical (unpaired) electrons. The summed E-state index contributed by atoms with van der Waals surface area (Å²) in [7, 11) is 0. The highest BCUT2D eigenvalue weighted by Gasteiger charge is 2.11. The van der Waals surface area contributed by atoms with E-state index in [4.69, 9.17) is 23.8 Å². The molecule has 1 aliphatic rings. The third kappa shape index (κ3) is 3.20. The van der Waals surface area contributed by atoms with Gasteiger partial charge in [0.25, 0.3) is 0 Å². The number of thiocarbonyl (C=S) groups is 1. The maximum absolute atomic E-state index is 6.12. The first-order valence-electron chi connectivity index (χ1n) is 7.08. The van der Waals surface area contributed by atoms with Crippen molar-refractivity contribution in [3.05, 3.63) is 58.1 Å². The van der Waals surface area contributed by atoms with Gasteiger partial charge >= 0.3 is 0 Å². The molecule has 2 aromatic rings. The summed E-state index contributed by atoms with van der Waals surface area (Å²) in [4.78, 5) is 0. The Hall–Kier alpha value is -1.58. The van der Waals surface area contributed by atoms with E-state index in [0.717, 1.165) is 22.0 Å². The summed E-state index contributed by atoms with van der Waals surface area (Å²) >= 11 is 11.5. The van der Waals surface area contributed by atoms with Gasteiger partial charge in [0.2, 0.25) is 0 Å². The molecule has 2 aromatic carbocycles. The Morgan fingerprint density at radius 3 is 2.76 bits per heavy atom. The van der Waals surface area contributed by atoms with Crippen molar-refractivity contribution in [3.63, 3.8) is 0 Å². The molecule has 3 rings (SSSR count). The topological polar surface area (TPSA) is 24.1 Å². The number of halogens is 1. The molecule has 4 heteroatoms. The molecule has 0 saturated carbocycles. The number of fused-ring (bicyclic) bond motifs is 1. The summed E-state index contributed by atoms with van der Waals surface area (Å²) in [5.74, 6) is 0. The van der Waals surface area contributed by atoms with E-state index in [2.05, 4.69) is 28.8 Å². The molecular formula is C17H17ClN2S. The fraction of sp³-hybridized carbons (Fsp3) is 0.235. The minimum absolute atomic E-state index is 0.582. The van der Waals surface area contributed by atoms with Gasteiger partial charge in [0, 0.05) is 16.4 Å². The van der Waals surface area contributed by atoms with Gasteiger partial charge in [-0.1, -0.05) is 23.7 Å². The van der Waals surface area contributed by atoms with Crippen LogP contribution in [-0.4, -0.2) is 5.11 Å². The zero-order valence-electron chi connectivity index (χ0n) is 11.9. The van der Waals surface area contributed by atoms with Crippen LogP contribution in [0.3, 0.4) is 0 Å². The van der Waals surface area contributed by atoms with Gasteiger partial charge in [-0.05, 0) is 79.4 Å². The molecule has 0 amide bonds. The van der Waals surface area contributed by atoms with Crippen LogP contribution in [0.25, 0.3) is 0 Å². The molecule has 0 atom stereocenters. The van der Waals surface area contributed by atoms with Crippen LogP contribution < -0.4 is 10.6 Å². The van der Waals surface area contributed by atoms with Crippen LogP contribution in [0.5, 0.6) is 0 Å². The van der Waals surface area contributed by atoms with Gasteiger partial charge in [-0.25, -0.2) is 0 Å². The number of anilines is 2. The molecule has 0 spiro atoms. The van der Waals surface area contributed by atoms with Gasteiger partial charge in [0.1, 0.15) is 0 Å². The van der Waals surface area contributed by atoms with E-state index in [-0.39, 0.29) is 0 Å². The number of aryl methyl sites for hydroxylation is 2. The molecule has 108 valence electrons. The quantitative estimate of drug-likeness (QED) is 0.767. The van der Waals surface area contributed by atoms with E-state index in [1.807, 2.05) is 25.1 Å². The van der Waals surface area contributed by atoms with Gasteiger partial charge in [0.15, 0.2) is 5.11 Å². The van der Waals surface area contributed by atoms with Gasteiger partial charge in [-0.2, -0.15) is 0 Å². The van der Waals surface area contributed by atoms with Crippen molar-refractivity contribution >= 4 is 40.3 Å². The van der Waals surface area contributed by atoms with Gasteiger partial charge < -0.3 is 10.6 Å². The Morgan fingerprint density at radius 2 is 1.90 bits per heavy atom. The number of benzene rings is 2. The Bertz CT molecular complexity index is 697. The van der Waals surface area contributed by atoms with Crippen LogP contribution >= 0.6 is 23.8 Å². The molecule has 0 aliphatic heterocycles. The first kappa shape index (κ1) is 14.4. The lowest BCUT2D eigenvalue weighted by Gasteiger charge is -2.14. The Morgan fingerprint density at radius 1 is 1.10 bits per heavy atom. The minimum Gasteiger partial charge on any atom is -0.332 e. The monoisotopic (exact) mass is 316 g/mol. The molecule has 0 unspecified atom stereocenters. The Balaban J connectivity index is 1.70.